The number of halogens is 1. The number of hydrogen-bond donors (Lipinski definition) is 0. The Balaban J connectivity index is 1.73. The second kappa shape index (κ2) is 8.51. The van der Waals surface area contributed by atoms with Crippen LogP contribution in [0.25, 0.3) is 11.4 Å². The molecule has 0 fully saturated rings. The highest BCUT2D eigenvalue weighted by Crippen LogP contribution is 2.26. The van der Waals surface area contributed by atoms with Crippen LogP contribution >= 0.6 is 27.7 Å². The van der Waals surface area contributed by atoms with Crippen LogP contribution in [0.3, 0.4) is 0 Å². The van der Waals surface area contributed by atoms with Crippen molar-refractivity contribution < 1.29 is 9.53 Å². The number of ketones is 1. The first-order chi connectivity index (χ1) is 12.6. The summed E-state index contributed by atoms with van der Waals surface area (Å²) in [7, 11) is 1.60. The van der Waals surface area contributed by atoms with Gasteiger partial charge in [0, 0.05) is 22.1 Å². The van der Waals surface area contributed by atoms with E-state index in [4.69, 9.17) is 4.74 Å². The molecule has 0 bridgehead atoms. The maximum Gasteiger partial charge on any atom is 0.191 e. The largest absolute Gasteiger partial charge is 0.497 e. The van der Waals surface area contributed by atoms with E-state index in [1.165, 1.54) is 11.8 Å². The van der Waals surface area contributed by atoms with E-state index in [0.717, 1.165) is 33.3 Å². The van der Waals surface area contributed by atoms with Crippen molar-refractivity contribution in [3.8, 4) is 17.1 Å². The molecule has 3 aromatic rings. The lowest BCUT2D eigenvalue weighted by Crippen LogP contribution is -2.05. The van der Waals surface area contributed by atoms with E-state index in [1.807, 2.05) is 35.8 Å². The zero-order valence-corrected chi connectivity index (χ0v) is 16.9. The van der Waals surface area contributed by atoms with Crippen LogP contribution in [-0.4, -0.2) is 33.4 Å². The molecule has 1 aromatic heterocycles. The lowest BCUT2D eigenvalue weighted by Gasteiger charge is -2.07. The van der Waals surface area contributed by atoms with Crippen molar-refractivity contribution in [3.63, 3.8) is 0 Å². The summed E-state index contributed by atoms with van der Waals surface area (Å²) in [6.07, 6.45) is 0. The summed E-state index contributed by atoms with van der Waals surface area (Å²) in [4.78, 5) is 12.4. The molecule has 0 amide bonds. The standard InChI is InChI=1S/C19H18BrN3O2S/c1-3-23-18(14-4-8-15(20)9-5-14)21-22-19(23)26-12-17(24)13-6-10-16(25-2)11-7-13/h4-11H,3,12H2,1-2H3. The fourth-order valence-corrected chi connectivity index (χ4v) is 3.64. The molecule has 0 saturated carbocycles. The number of carbonyl (C=O) groups is 1. The van der Waals surface area contributed by atoms with Crippen molar-refractivity contribution in [3.05, 3.63) is 58.6 Å². The van der Waals surface area contributed by atoms with Gasteiger partial charge in [-0.1, -0.05) is 39.8 Å². The van der Waals surface area contributed by atoms with Gasteiger partial charge in [-0.25, -0.2) is 0 Å². The van der Waals surface area contributed by atoms with Gasteiger partial charge in [-0.2, -0.15) is 0 Å². The Labute approximate surface area is 164 Å². The number of nitrogens with zero attached hydrogens (tertiary/aromatic N) is 3. The molecule has 7 heteroatoms. The molecule has 0 saturated heterocycles. The van der Waals surface area contributed by atoms with Crippen LogP contribution < -0.4 is 4.74 Å². The van der Waals surface area contributed by atoms with E-state index < -0.39 is 0 Å². The summed E-state index contributed by atoms with van der Waals surface area (Å²) < 4.78 is 8.16. The normalized spacial score (nSPS) is 10.7. The molecule has 0 aliphatic rings. The van der Waals surface area contributed by atoms with Crippen LogP contribution in [0.15, 0.2) is 58.2 Å². The third-order valence-corrected chi connectivity index (χ3v) is 5.38. The van der Waals surface area contributed by atoms with E-state index >= 15 is 0 Å². The van der Waals surface area contributed by atoms with Crippen LogP contribution in [0.1, 0.15) is 17.3 Å². The molecule has 26 heavy (non-hydrogen) atoms. The summed E-state index contributed by atoms with van der Waals surface area (Å²) in [5, 5.41) is 9.32. The molecule has 0 N–H and O–H groups in total. The van der Waals surface area contributed by atoms with E-state index in [0.29, 0.717) is 11.3 Å². The highest BCUT2D eigenvalue weighted by molar-refractivity contribution is 9.10. The van der Waals surface area contributed by atoms with Crippen molar-refractivity contribution in [2.45, 2.75) is 18.6 Å². The van der Waals surface area contributed by atoms with Crippen LogP contribution in [0, 0.1) is 0 Å². The summed E-state index contributed by atoms with van der Waals surface area (Å²) in [6.45, 7) is 2.78. The van der Waals surface area contributed by atoms with Gasteiger partial charge in [-0.15, -0.1) is 10.2 Å². The van der Waals surface area contributed by atoms with Gasteiger partial charge in [0.25, 0.3) is 0 Å². The average Bonchev–Trinajstić information content (AvgIpc) is 3.09. The first-order valence-electron chi connectivity index (χ1n) is 8.11. The van der Waals surface area contributed by atoms with Gasteiger partial charge in [0.2, 0.25) is 0 Å². The first-order valence-corrected chi connectivity index (χ1v) is 9.89. The molecule has 2 aromatic carbocycles. The predicted molar refractivity (Wildman–Crippen MR) is 107 cm³/mol. The van der Waals surface area contributed by atoms with E-state index in [2.05, 4.69) is 26.1 Å². The first kappa shape index (κ1) is 18.7. The molecular weight excluding hydrogens is 414 g/mol. The Kier molecular flexibility index (Phi) is 6.11. The van der Waals surface area contributed by atoms with Gasteiger partial charge in [0.05, 0.1) is 12.9 Å². The van der Waals surface area contributed by atoms with E-state index in [9.17, 15) is 4.79 Å². The lowest BCUT2D eigenvalue weighted by molar-refractivity contribution is 0.102. The van der Waals surface area contributed by atoms with Crippen LogP contribution in [0.2, 0.25) is 0 Å². The minimum Gasteiger partial charge on any atom is -0.497 e. The van der Waals surface area contributed by atoms with Gasteiger partial charge in [-0.3, -0.25) is 4.79 Å². The van der Waals surface area contributed by atoms with Crippen molar-refractivity contribution in [2.24, 2.45) is 0 Å². The van der Waals surface area contributed by atoms with E-state index in [-0.39, 0.29) is 5.78 Å². The topological polar surface area (TPSA) is 57.0 Å². The molecule has 134 valence electrons. The molecule has 3 rings (SSSR count). The molecular formula is C19H18BrN3O2S. The predicted octanol–water partition coefficient (Wildman–Crippen LogP) is 4.71. The molecule has 0 aliphatic carbocycles. The van der Waals surface area contributed by atoms with Crippen LogP contribution in [0.5, 0.6) is 5.75 Å². The summed E-state index contributed by atoms with van der Waals surface area (Å²) in [6, 6.07) is 15.1. The number of methoxy groups -OCH3 is 1. The lowest BCUT2D eigenvalue weighted by atomic mass is 10.1. The third kappa shape index (κ3) is 4.16. The quantitative estimate of drug-likeness (QED) is 0.400. The SMILES string of the molecule is CCn1c(SCC(=O)c2ccc(OC)cc2)nnc1-c1ccc(Br)cc1. The molecule has 0 radical (unpaired) electrons. The third-order valence-electron chi connectivity index (χ3n) is 3.88. The number of carbonyl (C=O) groups excluding carboxylic acids is 1. The van der Waals surface area contributed by atoms with Crippen molar-refractivity contribution in [2.75, 3.05) is 12.9 Å². The Hall–Kier alpha value is -2.12. The van der Waals surface area contributed by atoms with Gasteiger partial charge in [0.15, 0.2) is 16.8 Å². The van der Waals surface area contributed by atoms with Gasteiger partial charge >= 0.3 is 0 Å². The monoisotopic (exact) mass is 431 g/mol. The second-order valence-corrected chi connectivity index (χ2v) is 7.36. The Morgan fingerprint density at radius 3 is 2.42 bits per heavy atom. The minimum absolute atomic E-state index is 0.0495. The fraction of sp³-hybridized carbons (Fsp3) is 0.211. The second-order valence-electron chi connectivity index (χ2n) is 5.50. The van der Waals surface area contributed by atoms with E-state index in [1.54, 1.807) is 31.4 Å². The minimum atomic E-state index is 0.0495. The fourth-order valence-electron chi connectivity index (χ4n) is 2.48. The van der Waals surface area contributed by atoms with Crippen molar-refractivity contribution in [1.29, 1.82) is 0 Å². The summed E-state index contributed by atoms with van der Waals surface area (Å²) in [5.41, 5.74) is 1.66. The number of hydrogen-bond acceptors (Lipinski definition) is 5. The number of benzene rings is 2. The maximum absolute atomic E-state index is 12.4. The number of thioether (sulfide) groups is 1. The summed E-state index contributed by atoms with van der Waals surface area (Å²) >= 11 is 4.84. The number of rotatable bonds is 7. The molecule has 5 nitrogen and oxygen atoms in total. The summed E-state index contributed by atoms with van der Waals surface area (Å²) in [5.74, 6) is 1.90. The highest BCUT2D eigenvalue weighted by Gasteiger charge is 2.15. The highest BCUT2D eigenvalue weighted by atomic mass is 79.9. The molecule has 0 aliphatic heterocycles. The number of ether oxygens (including phenoxy) is 1. The molecule has 0 spiro atoms. The molecule has 0 atom stereocenters. The molecule has 1 heterocycles. The number of aromatic nitrogens is 3. The van der Waals surface area contributed by atoms with Gasteiger partial charge in [0.1, 0.15) is 5.75 Å². The maximum atomic E-state index is 12.4. The molecule has 0 unspecified atom stereocenters. The van der Waals surface area contributed by atoms with Crippen molar-refractivity contribution in [1.82, 2.24) is 14.8 Å². The van der Waals surface area contributed by atoms with Crippen LogP contribution in [0.4, 0.5) is 0 Å². The Bertz CT molecular complexity index is 892. The van der Waals surface area contributed by atoms with Gasteiger partial charge in [-0.05, 0) is 43.3 Å². The number of Topliss-reactive ketones (excluding diaryl/α,β-unsaturated/α-hetero) is 1. The zero-order valence-electron chi connectivity index (χ0n) is 14.5. The smallest absolute Gasteiger partial charge is 0.191 e. The Morgan fingerprint density at radius 1 is 1.12 bits per heavy atom. The zero-order chi connectivity index (χ0) is 18.5. The Morgan fingerprint density at radius 2 is 1.81 bits per heavy atom. The van der Waals surface area contributed by atoms with Crippen molar-refractivity contribution >= 4 is 33.5 Å². The average molecular weight is 432 g/mol. The van der Waals surface area contributed by atoms with Gasteiger partial charge < -0.3 is 9.30 Å². The van der Waals surface area contributed by atoms with Crippen LogP contribution in [-0.2, 0) is 6.54 Å².